The Balaban J connectivity index is 1.69. The van der Waals surface area contributed by atoms with Crippen molar-refractivity contribution in [3.05, 3.63) is 0 Å². The van der Waals surface area contributed by atoms with Crippen molar-refractivity contribution in [3.63, 3.8) is 0 Å². The number of nitrogens with zero attached hydrogens (tertiary/aromatic N) is 2. The molecule has 5 heteroatoms. The van der Waals surface area contributed by atoms with Crippen molar-refractivity contribution in [1.29, 1.82) is 0 Å². The maximum Gasteiger partial charge on any atom is 0.317 e. The average Bonchev–Trinajstić information content (AvgIpc) is 2.53. The fraction of sp³-hybridized carbons (Fsp3) is 0.882. The van der Waals surface area contributed by atoms with Crippen LogP contribution in [0.4, 0.5) is 4.79 Å². The monoisotopic (exact) mass is 309 g/mol. The van der Waals surface area contributed by atoms with Crippen molar-refractivity contribution in [2.24, 2.45) is 5.92 Å². The zero-order valence-electron chi connectivity index (χ0n) is 14.1. The van der Waals surface area contributed by atoms with Gasteiger partial charge in [0.1, 0.15) is 0 Å². The summed E-state index contributed by atoms with van der Waals surface area (Å²) in [6, 6.07) is 0.410. The van der Waals surface area contributed by atoms with Crippen molar-refractivity contribution in [1.82, 2.24) is 15.1 Å². The number of amides is 3. The van der Waals surface area contributed by atoms with Gasteiger partial charge in [-0.2, -0.15) is 0 Å². The molecule has 0 aromatic heterocycles. The van der Waals surface area contributed by atoms with Crippen LogP contribution in [0.15, 0.2) is 0 Å². The van der Waals surface area contributed by atoms with Gasteiger partial charge in [0.15, 0.2) is 0 Å². The summed E-state index contributed by atoms with van der Waals surface area (Å²) in [5.74, 6) is 0.799. The first kappa shape index (κ1) is 17.1. The molecular formula is C17H31N3O2. The van der Waals surface area contributed by atoms with Crippen LogP contribution in [-0.2, 0) is 4.79 Å². The first-order chi connectivity index (χ1) is 10.6. The zero-order chi connectivity index (χ0) is 15.9. The Morgan fingerprint density at radius 3 is 2.18 bits per heavy atom. The minimum atomic E-state index is 0.0566. The third-order valence-corrected chi connectivity index (χ3v) is 4.79. The van der Waals surface area contributed by atoms with E-state index in [4.69, 9.17) is 0 Å². The Kier molecular flexibility index (Phi) is 6.52. The largest absolute Gasteiger partial charge is 0.339 e. The van der Waals surface area contributed by atoms with Crippen molar-refractivity contribution in [3.8, 4) is 0 Å². The molecule has 0 aromatic carbocycles. The molecule has 5 nitrogen and oxygen atoms in total. The van der Waals surface area contributed by atoms with Gasteiger partial charge >= 0.3 is 6.03 Å². The van der Waals surface area contributed by atoms with E-state index in [1.165, 1.54) is 19.3 Å². The molecule has 1 aliphatic carbocycles. The third-order valence-electron chi connectivity index (χ3n) is 4.79. The van der Waals surface area contributed by atoms with Crippen LogP contribution < -0.4 is 5.32 Å². The Hall–Kier alpha value is -1.26. The summed E-state index contributed by atoms with van der Waals surface area (Å²) in [7, 11) is 0. The van der Waals surface area contributed by atoms with E-state index < -0.39 is 0 Å². The van der Waals surface area contributed by atoms with E-state index in [9.17, 15) is 9.59 Å². The summed E-state index contributed by atoms with van der Waals surface area (Å²) in [4.78, 5) is 28.1. The maximum absolute atomic E-state index is 12.3. The van der Waals surface area contributed by atoms with Gasteiger partial charge in [-0.1, -0.05) is 33.1 Å². The Morgan fingerprint density at radius 2 is 1.59 bits per heavy atom. The van der Waals surface area contributed by atoms with E-state index in [1.54, 1.807) is 0 Å². The Bertz CT molecular complexity index is 370. The van der Waals surface area contributed by atoms with Gasteiger partial charge in [-0.15, -0.1) is 0 Å². The second-order valence-corrected chi connectivity index (χ2v) is 7.08. The number of urea groups is 1. The smallest absolute Gasteiger partial charge is 0.317 e. The predicted octanol–water partition coefficient (Wildman–Crippen LogP) is 2.61. The van der Waals surface area contributed by atoms with E-state index in [0.717, 1.165) is 19.3 Å². The molecule has 0 radical (unpaired) electrons. The molecule has 2 rings (SSSR count). The van der Waals surface area contributed by atoms with E-state index in [0.29, 0.717) is 44.6 Å². The number of hydrogen-bond donors (Lipinski definition) is 1. The van der Waals surface area contributed by atoms with Crippen molar-refractivity contribution >= 4 is 11.9 Å². The molecule has 0 atom stereocenters. The Labute approximate surface area is 134 Å². The van der Waals surface area contributed by atoms with E-state index in [1.807, 2.05) is 9.80 Å². The second-order valence-electron chi connectivity index (χ2n) is 7.08. The van der Waals surface area contributed by atoms with Gasteiger partial charge in [0, 0.05) is 38.6 Å². The molecule has 1 aliphatic heterocycles. The predicted molar refractivity (Wildman–Crippen MR) is 87.6 cm³/mol. The second kappa shape index (κ2) is 8.39. The highest BCUT2D eigenvalue weighted by Crippen LogP contribution is 2.18. The SMILES string of the molecule is CC(C)CCC(=O)N1CCN(C(=O)NC2CCCCC2)CC1. The molecule has 1 heterocycles. The van der Waals surface area contributed by atoms with Crippen LogP contribution in [0.1, 0.15) is 58.8 Å². The summed E-state index contributed by atoms with van der Waals surface area (Å²) in [5, 5.41) is 3.16. The van der Waals surface area contributed by atoms with Gasteiger partial charge in [-0.3, -0.25) is 4.79 Å². The van der Waals surface area contributed by atoms with Crippen LogP contribution in [0.25, 0.3) is 0 Å². The van der Waals surface area contributed by atoms with Gasteiger partial charge < -0.3 is 15.1 Å². The number of carbonyl (C=O) groups is 2. The van der Waals surface area contributed by atoms with Crippen LogP contribution in [0.2, 0.25) is 0 Å². The van der Waals surface area contributed by atoms with Crippen LogP contribution in [0, 0.1) is 5.92 Å². The van der Waals surface area contributed by atoms with Gasteiger partial charge in [-0.05, 0) is 25.2 Å². The minimum absolute atomic E-state index is 0.0566. The number of rotatable bonds is 4. The van der Waals surface area contributed by atoms with Crippen LogP contribution >= 0.6 is 0 Å². The van der Waals surface area contributed by atoms with Crippen LogP contribution in [0.5, 0.6) is 0 Å². The van der Waals surface area contributed by atoms with Gasteiger partial charge in [-0.25, -0.2) is 4.79 Å². The molecule has 0 aromatic rings. The molecule has 126 valence electrons. The molecule has 1 saturated heterocycles. The molecular weight excluding hydrogens is 278 g/mol. The van der Waals surface area contributed by atoms with Gasteiger partial charge in [0.25, 0.3) is 0 Å². The van der Waals surface area contributed by atoms with Crippen molar-refractivity contribution < 1.29 is 9.59 Å². The van der Waals surface area contributed by atoms with E-state index >= 15 is 0 Å². The summed E-state index contributed by atoms with van der Waals surface area (Å²) < 4.78 is 0. The topological polar surface area (TPSA) is 52.7 Å². The fourth-order valence-electron chi connectivity index (χ4n) is 3.24. The first-order valence-corrected chi connectivity index (χ1v) is 8.89. The summed E-state index contributed by atoms with van der Waals surface area (Å²) in [6.07, 6.45) is 7.54. The minimum Gasteiger partial charge on any atom is -0.339 e. The summed E-state index contributed by atoms with van der Waals surface area (Å²) >= 11 is 0. The highest BCUT2D eigenvalue weighted by Gasteiger charge is 2.25. The average molecular weight is 309 g/mol. The van der Waals surface area contributed by atoms with Crippen LogP contribution in [0.3, 0.4) is 0 Å². The lowest BCUT2D eigenvalue weighted by molar-refractivity contribution is -0.132. The molecule has 0 bridgehead atoms. The Morgan fingerprint density at radius 1 is 1.00 bits per heavy atom. The zero-order valence-corrected chi connectivity index (χ0v) is 14.1. The van der Waals surface area contributed by atoms with Gasteiger partial charge in [0.2, 0.25) is 5.91 Å². The normalized spacial score (nSPS) is 20.3. The summed E-state index contributed by atoms with van der Waals surface area (Å²) in [6.45, 7) is 6.95. The standard InChI is InChI=1S/C17H31N3O2/c1-14(2)8-9-16(21)19-10-12-20(13-11-19)17(22)18-15-6-4-3-5-7-15/h14-15H,3-13H2,1-2H3,(H,18,22). The highest BCUT2D eigenvalue weighted by atomic mass is 16.2. The van der Waals surface area contributed by atoms with Crippen molar-refractivity contribution in [2.45, 2.75) is 64.8 Å². The lowest BCUT2D eigenvalue weighted by Gasteiger charge is -2.36. The number of hydrogen-bond acceptors (Lipinski definition) is 2. The molecule has 2 fully saturated rings. The first-order valence-electron chi connectivity index (χ1n) is 8.89. The maximum atomic E-state index is 12.3. The lowest BCUT2D eigenvalue weighted by atomic mass is 9.96. The molecule has 0 spiro atoms. The quantitative estimate of drug-likeness (QED) is 0.868. The number of nitrogens with one attached hydrogen (secondary N) is 1. The molecule has 2 aliphatic rings. The third kappa shape index (κ3) is 5.18. The molecule has 3 amide bonds. The summed E-state index contributed by atoms with van der Waals surface area (Å²) in [5.41, 5.74) is 0. The van der Waals surface area contributed by atoms with Crippen LogP contribution in [-0.4, -0.2) is 54.0 Å². The van der Waals surface area contributed by atoms with E-state index in [-0.39, 0.29) is 11.9 Å². The molecule has 1 N–H and O–H groups in total. The fourth-order valence-corrected chi connectivity index (χ4v) is 3.24. The van der Waals surface area contributed by atoms with E-state index in [2.05, 4.69) is 19.2 Å². The number of carbonyl (C=O) groups excluding carboxylic acids is 2. The molecule has 1 saturated carbocycles. The lowest BCUT2D eigenvalue weighted by Crippen LogP contribution is -2.54. The number of piperazine rings is 1. The molecule has 22 heavy (non-hydrogen) atoms. The van der Waals surface area contributed by atoms with Crippen molar-refractivity contribution in [2.75, 3.05) is 26.2 Å². The highest BCUT2D eigenvalue weighted by molar-refractivity contribution is 5.77. The molecule has 0 unspecified atom stereocenters. The van der Waals surface area contributed by atoms with Gasteiger partial charge in [0.05, 0.1) is 0 Å².